The van der Waals surface area contributed by atoms with Crippen LogP contribution in [-0.4, -0.2) is 98.4 Å². The molecule has 0 amide bonds. The zero-order valence-electron chi connectivity index (χ0n) is 35.4. The third-order valence-electron chi connectivity index (χ3n) is 11.2. The van der Waals surface area contributed by atoms with Crippen molar-refractivity contribution in [3.05, 3.63) is 135 Å². The van der Waals surface area contributed by atoms with E-state index in [1.54, 1.807) is 48.7 Å². The molecule has 4 aromatic carbocycles. The molecule has 0 radical (unpaired) electrons. The van der Waals surface area contributed by atoms with Crippen LogP contribution >= 0.6 is 34.5 Å². The molecule has 0 spiro atoms. The van der Waals surface area contributed by atoms with Gasteiger partial charge >= 0.3 is 5.97 Å². The molecule has 12 nitrogen and oxygen atoms in total. The van der Waals surface area contributed by atoms with Crippen molar-refractivity contribution in [3.63, 3.8) is 0 Å². The van der Waals surface area contributed by atoms with Gasteiger partial charge in [-0.1, -0.05) is 71.7 Å². The van der Waals surface area contributed by atoms with Gasteiger partial charge in [0, 0.05) is 61.3 Å². The molecule has 0 saturated carbocycles. The Morgan fingerprint density at radius 2 is 1.64 bits per heavy atom. The fourth-order valence-electron chi connectivity index (χ4n) is 7.73. The van der Waals surface area contributed by atoms with E-state index in [0.717, 1.165) is 37.3 Å². The van der Waals surface area contributed by atoms with E-state index in [-0.39, 0.29) is 25.5 Å². The molecule has 8 rings (SSSR count). The second kappa shape index (κ2) is 20.0. The minimum absolute atomic E-state index is 0.0349. The number of likely N-dealkylation sites (N-methyl/N-ethyl adjacent to an activating group) is 1. The number of hydrogen-bond acceptors (Lipinski definition) is 12. The van der Waals surface area contributed by atoms with Crippen molar-refractivity contribution in [1.29, 1.82) is 0 Å². The van der Waals surface area contributed by atoms with Crippen LogP contribution in [0.4, 0.5) is 4.39 Å². The number of ether oxygens (including phenoxy) is 3. The standard InChI is InChI=1S/C48H45Cl2FN6O6S/c1-28-38(29(2)42(50)43(41(28)49)61-22-21-57-19-17-56(3)18-20-57)39-40-46(53-27-54-47(40)64-44(39)31-11-13-34(51)14-12-31)63-37(48(59)60)24-32-8-4-5-10-36(32)62-26-35-15-16-52-45(55-35)33-9-6-7-30(23-33)25-58/h4-16,23,27,37,58H,17-22,24-26H2,1-3H3,(H,59,60). The lowest BCUT2D eigenvalue weighted by Gasteiger charge is -2.32. The SMILES string of the molecule is Cc1c(Cl)c(OCCN2CCN(C)CC2)c(Cl)c(C)c1-c1c(-c2ccc(F)cc2)sc2ncnc(OC(Cc3ccccc3OCc3ccnc(-c4cccc(CO)c4)n3)C(=O)O)c12. The maximum Gasteiger partial charge on any atom is 0.345 e. The first kappa shape index (κ1) is 44.9. The summed E-state index contributed by atoms with van der Waals surface area (Å²) in [6.07, 6.45) is 1.47. The first-order valence-electron chi connectivity index (χ1n) is 20.7. The van der Waals surface area contributed by atoms with Gasteiger partial charge < -0.3 is 29.3 Å². The molecule has 64 heavy (non-hydrogen) atoms. The van der Waals surface area contributed by atoms with Crippen molar-refractivity contribution in [2.45, 2.75) is 39.6 Å². The van der Waals surface area contributed by atoms with E-state index < -0.39 is 17.9 Å². The molecule has 4 heterocycles. The number of aliphatic hydroxyl groups excluding tert-OH is 1. The van der Waals surface area contributed by atoms with Crippen LogP contribution < -0.4 is 14.2 Å². The van der Waals surface area contributed by atoms with Gasteiger partial charge in [-0.05, 0) is 84.6 Å². The maximum atomic E-state index is 14.3. The number of benzene rings is 4. The van der Waals surface area contributed by atoms with Crippen LogP contribution in [0.25, 0.3) is 43.2 Å². The molecule has 3 aromatic heterocycles. The Labute approximate surface area is 383 Å². The predicted octanol–water partition coefficient (Wildman–Crippen LogP) is 9.32. The minimum Gasteiger partial charge on any atom is -0.489 e. The summed E-state index contributed by atoms with van der Waals surface area (Å²) in [7, 11) is 2.11. The predicted molar refractivity (Wildman–Crippen MR) is 247 cm³/mol. The molecule has 1 fully saturated rings. The number of para-hydroxylation sites is 1. The Hall–Kier alpha value is -5.74. The molecule has 1 unspecified atom stereocenters. The number of nitrogens with zero attached hydrogens (tertiary/aromatic N) is 6. The van der Waals surface area contributed by atoms with E-state index in [9.17, 15) is 19.4 Å². The molecule has 1 aliphatic rings. The van der Waals surface area contributed by atoms with Crippen LogP contribution in [-0.2, 0) is 24.4 Å². The van der Waals surface area contributed by atoms with E-state index in [2.05, 4.69) is 36.8 Å². The van der Waals surface area contributed by atoms with E-state index in [4.69, 9.17) is 37.4 Å². The first-order valence-corrected chi connectivity index (χ1v) is 22.2. The van der Waals surface area contributed by atoms with Gasteiger partial charge in [0.05, 0.1) is 27.7 Å². The normalized spacial score (nSPS) is 13.9. The van der Waals surface area contributed by atoms with Gasteiger partial charge in [-0.15, -0.1) is 11.3 Å². The lowest BCUT2D eigenvalue weighted by Crippen LogP contribution is -2.45. The van der Waals surface area contributed by atoms with Crippen LogP contribution in [0.15, 0.2) is 91.4 Å². The number of carboxylic acid groups (broad SMARTS) is 1. The molecule has 0 aliphatic carbocycles. The van der Waals surface area contributed by atoms with E-state index in [1.807, 2.05) is 38.1 Å². The fourth-order valence-corrected chi connectivity index (χ4v) is 9.41. The zero-order chi connectivity index (χ0) is 44.9. The molecule has 7 aromatic rings. The van der Waals surface area contributed by atoms with Crippen molar-refractivity contribution in [3.8, 4) is 50.3 Å². The van der Waals surface area contributed by atoms with Crippen molar-refractivity contribution in [1.82, 2.24) is 29.7 Å². The number of piperazine rings is 1. The van der Waals surface area contributed by atoms with Gasteiger partial charge in [-0.25, -0.2) is 29.1 Å². The highest BCUT2D eigenvalue weighted by Crippen LogP contribution is 2.52. The Morgan fingerprint density at radius 3 is 2.38 bits per heavy atom. The Kier molecular flexibility index (Phi) is 14.0. The van der Waals surface area contributed by atoms with Crippen molar-refractivity contribution < 1.29 is 33.6 Å². The second-order valence-corrected chi connectivity index (χ2v) is 17.3. The van der Waals surface area contributed by atoms with Gasteiger partial charge in [-0.2, -0.15) is 0 Å². The van der Waals surface area contributed by atoms with Gasteiger partial charge in [0.2, 0.25) is 12.0 Å². The van der Waals surface area contributed by atoms with Crippen molar-refractivity contribution in [2.75, 3.05) is 46.4 Å². The quantitative estimate of drug-likeness (QED) is 0.0954. The summed E-state index contributed by atoms with van der Waals surface area (Å²) in [5.41, 5.74) is 6.00. The summed E-state index contributed by atoms with van der Waals surface area (Å²) in [5, 5.41) is 21.4. The summed E-state index contributed by atoms with van der Waals surface area (Å²) < 4.78 is 33.3. The third-order valence-corrected chi connectivity index (χ3v) is 13.3. The van der Waals surface area contributed by atoms with Crippen LogP contribution in [0.2, 0.25) is 10.0 Å². The third kappa shape index (κ3) is 9.82. The summed E-state index contributed by atoms with van der Waals surface area (Å²) in [6, 6.07) is 22.3. The number of thiophene rings is 1. The summed E-state index contributed by atoms with van der Waals surface area (Å²) >= 11 is 15.6. The number of rotatable bonds is 16. The molecular formula is C48H45Cl2FN6O6S. The Bertz CT molecular complexity index is 2770. The highest BCUT2D eigenvalue weighted by molar-refractivity contribution is 7.22. The first-order chi connectivity index (χ1) is 31.0. The highest BCUT2D eigenvalue weighted by atomic mass is 35.5. The average molecular weight is 924 g/mol. The molecule has 330 valence electrons. The zero-order valence-corrected chi connectivity index (χ0v) is 37.7. The van der Waals surface area contributed by atoms with Gasteiger partial charge in [0.25, 0.3) is 0 Å². The number of fused-ring (bicyclic) bond motifs is 1. The van der Waals surface area contributed by atoms with Crippen LogP contribution in [0.3, 0.4) is 0 Å². The lowest BCUT2D eigenvalue weighted by molar-refractivity contribution is -0.145. The van der Waals surface area contributed by atoms with Gasteiger partial charge in [-0.3, -0.25) is 4.90 Å². The Balaban J connectivity index is 1.11. The van der Waals surface area contributed by atoms with E-state index in [0.29, 0.717) is 94.7 Å². The van der Waals surface area contributed by atoms with E-state index in [1.165, 1.54) is 29.8 Å². The minimum atomic E-state index is -1.42. The lowest BCUT2D eigenvalue weighted by atomic mass is 9.92. The van der Waals surface area contributed by atoms with Gasteiger partial charge in [0.15, 0.2) is 11.6 Å². The maximum absolute atomic E-state index is 14.3. The highest BCUT2D eigenvalue weighted by Gasteiger charge is 2.30. The topological polar surface area (TPSA) is 143 Å². The molecule has 1 aliphatic heterocycles. The summed E-state index contributed by atoms with van der Waals surface area (Å²) in [6.45, 7) is 8.70. The summed E-state index contributed by atoms with van der Waals surface area (Å²) in [5.74, 6) is -0.277. The molecular weight excluding hydrogens is 879 g/mol. The number of hydrogen-bond donors (Lipinski definition) is 2. The number of carboxylic acids is 1. The average Bonchev–Trinajstić information content (AvgIpc) is 3.69. The van der Waals surface area contributed by atoms with Crippen molar-refractivity contribution >= 4 is 50.7 Å². The number of aromatic nitrogens is 4. The monoisotopic (exact) mass is 922 g/mol. The largest absolute Gasteiger partial charge is 0.489 e. The Morgan fingerprint density at radius 1 is 0.891 bits per heavy atom. The van der Waals surface area contributed by atoms with Crippen molar-refractivity contribution in [2.24, 2.45) is 0 Å². The number of aliphatic hydroxyl groups is 1. The van der Waals surface area contributed by atoms with E-state index >= 15 is 0 Å². The van der Waals surface area contributed by atoms with Crippen LogP contribution in [0, 0.1) is 19.7 Å². The van der Waals surface area contributed by atoms with Gasteiger partial charge in [0.1, 0.15) is 35.9 Å². The molecule has 1 saturated heterocycles. The number of halogens is 3. The second-order valence-electron chi connectivity index (χ2n) is 15.5. The fraction of sp³-hybridized carbons (Fsp3) is 0.271. The molecule has 1 atom stereocenters. The molecule has 0 bridgehead atoms. The smallest absolute Gasteiger partial charge is 0.345 e. The molecule has 2 N–H and O–H groups in total. The summed E-state index contributed by atoms with van der Waals surface area (Å²) in [4.78, 5) is 37.1. The van der Waals surface area contributed by atoms with Crippen LogP contribution in [0.1, 0.15) is 27.9 Å². The molecule has 16 heteroatoms. The number of aliphatic carboxylic acids is 1. The van der Waals surface area contributed by atoms with Crippen LogP contribution in [0.5, 0.6) is 17.4 Å². The number of carbonyl (C=O) groups is 1.